The third kappa shape index (κ3) is 4.25. The topological polar surface area (TPSA) is 90.1 Å². The highest BCUT2D eigenvalue weighted by atomic mass is 35.5. The van der Waals surface area contributed by atoms with Gasteiger partial charge in [0.15, 0.2) is 11.6 Å². The summed E-state index contributed by atoms with van der Waals surface area (Å²) in [6.07, 6.45) is -0.647. The van der Waals surface area contributed by atoms with Crippen LogP contribution in [0.3, 0.4) is 0 Å². The van der Waals surface area contributed by atoms with Gasteiger partial charge in [0.1, 0.15) is 10.7 Å². The fourth-order valence-electron chi connectivity index (χ4n) is 2.13. The maximum absolute atomic E-state index is 11.7. The fourth-order valence-corrected chi connectivity index (χ4v) is 3.14. The number of halogens is 1. The molecule has 0 fully saturated rings. The molecule has 2 aromatic carbocycles. The number of amides is 1. The van der Waals surface area contributed by atoms with Gasteiger partial charge in [-0.2, -0.15) is 0 Å². The average molecular weight is 387 g/mol. The second-order valence-corrected chi connectivity index (χ2v) is 6.65. The monoisotopic (exact) mass is 386 g/mol. The first kappa shape index (κ1) is 18.0. The number of nitrogens with zero attached hydrogens (tertiary/aromatic N) is 2. The van der Waals surface area contributed by atoms with Crippen molar-refractivity contribution in [3.63, 3.8) is 0 Å². The molecule has 0 spiro atoms. The summed E-state index contributed by atoms with van der Waals surface area (Å²) in [6.45, 7) is 0. The lowest BCUT2D eigenvalue weighted by Crippen LogP contribution is -2.15. The lowest BCUT2D eigenvalue weighted by Gasteiger charge is -2.13. The molecule has 8 heteroatoms. The number of nitrogen functional groups attached to an aromatic ring is 1. The maximum Gasteiger partial charge on any atom is 0.411 e. The Kier molecular flexibility index (Phi) is 5.60. The van der Waals surface area contributed by atoms with Crippen LogP contribution in [-0.2, 0) is 4.74 Å². The first-order valence-corrected chi connectivity index (χ1v) is 8.77. The summed E-state index contributed by atoms with van der Waals surface area (Å²) in [5.74, 6) is 0.621. The summed E-state index contributed by atoms with van der Waals surface area (Å²) in [5, 5.41) is 3.72. The van der Waals surface area contributed by atoms with E-state index in [1.54, 1.807) is 12.1 Å². The minimum absolute atomic E-state index is 0.153. The zero-order valence-electron chi connectivity index (χ0n) is 13.8. The number of rotatable bonds is 4. The molecule has 0 unspecified atom stereocenters. The van der Waals surface area contributed by atoms with Gasteiger partial charge in [-0.05, 0) is 24.3 Å². The molecular weight excluding hydrogens is 372 g/mol. The molecule has 0 atom stereocenters. The molecule has 0 aliphatic rings. The van der Waals surface area contributed by atoms with Crippen LogP contribution in [0.4, 0.5) is 16.3 Å². The van der Waals surface area contributed by atoms with Crippen molar-refractivity contribution in [2.24, 2.45) is 0 Å². The zero-order valence-corrected chi connectivity index (χ0v) is 15.3. The number of carbonyl (C=O) groups is 1. The van der Waals surface area contributed by atoms with Crippen LogP contribution in [0.25, 0.3) is 11.4 Å². The summed E-state index contributed by atoms with van der Waals surface area (Å²) < 4.78 is 4.66. The Hall–Kier alpha value is -2.77. The van der Waals surface area contributed by atoms with Crippen LogP contribution in [0, 0.1) is 0 Å². The van der Waals surface area contributed by atoms with E-state index in [1.165, 1.54) is 18.9 Å². The van der Waals surface area contributed by atoms with E-state index in [1.807, 2.05) is 42.5 Å². The molecule has 3 aromatic rings. The standard InChI is InChI=1S/C18H15ClN4O2S/c1-25-18(24)21-14-15(20)22-16(11-5-3-2-4-6-11)23-17(14)26-13-9-7-12(19)8-10-13/h2-10H,1H3,(H,21,24)(H2,20,22,23). The second kappa shape index (κ2) is 8.07. The van der Waals surface area contributed by atoms with Gasteiger partial charge in [0, 0.05) is 15.5 Å². The molecule has 1 aromatic heterocycles. The van der Waals surface area contributed by atoms with Crippen LogP contribution in [0.5, 0.6) is 0 Å². The highest BCUT2D eigenvalue weighted by Gasteiger charge is 2.17. The molecule has 0 radical (unpaired) electrons. The molecule has 26 heavy (non-hydrogen) atoms. The Bertz CT molecular complexity index is 920. The molecule has 0 aliphatic heterocycles. The van der Waals surface area contributed by atoms with Crippen LogP contribution in [-0.4, -0.2) is 23.2 Å². The molecule has 132 valence electrons. The highest BCUT2D eigenvalue weighted by molar-refractivity contribution is 7.99. The van der Waals surface area contributed by atoms with Gasteiger partial charge in [-0.15, -0.1) is 0 Å². The number of benzene rings is 2. The quantitative estimate of drug-likeness (QED) is 0.631. The molecular formula is C18H15ClN4O2S. The number of anilines is 2. The van der Waals surface area contributed by atoms with Crippen molar-refractivity contribution in [3.8, 4) is 11.4 Å². The van der Waals surface area contributed by atoms with Gasteiger partial charge in [0.25, 0.3) is 0 Å². The van der Waals surface area contributed by atoms with E-state index in [0.717, 1.165) is 10.5 Å². The number of hydrogen-bond donors (Lipinski definition) is 2. The van der Waals surface area contributed by atoms with Gasteiger partial charge in [0.2, 0.25) is 0 Å². The summed E-state index contributed by atoms with van der Waals surface area (Å²) >= 11 is 7.27. The molecule has 0 aliphatic carbocycles. The van der Waals surface area contributed by atoms with Gasteiger partial charge < -0.3 is 10.5 Å². The van der Waals surface area contributed by atoms with E-state index in [-0.39, 0.29) is 5.82 Å². The number of hydrogen-bond acceptors (Lipinski definition) is 6. The first-order chi connectivity index (χ1) is 12.6. The van der Waals surface area contributed by atoms with Crippen molar-refractivity contribution in [1.29, 1.82) is 0 Å². The smallest absolute Gasteiger partial charge is 0.411 e. The SMILES string of the molecule is COC(=O)Nc1c(N)nc(-c2ccccc2)nc1Sc1ccc(Cl)cc1. The number of methoxy groups -OCH3 is 1. The molecule has 0 bridgehead atoms. The summed E-state index contributed by atoms with van der Waals surface area (Å²) in [6, 6.07) is 16.7. The van der Waals surface area contributed by atoms with Crippen LogP contribution in [0.15, 0.2) is 64.5 Å². The number of nitrogens with one attached hydrogen (secondary N) is 1. The highest BCUT2D eigenvalue weighted by Crippen LogP contribution is 2.36. The number of nitrogens with two attached hydrogens (primary N) is 1. The molecule has 3 N–H and O–H groups in total. The molecule has 0 saturated carbocycles. The lowest BCUT2D eigenvalue weighted by atomic mass is 10.2. The van der Waals surface area contributed by atoms with Crippen molar-refractivity contribution in [1.82, 2.24) is 9.97 Å². The molecule has 1 amide bonds. The largest absolute Gasteiger partial charge is 0.453 e. The first-order valence-electron chi connectivity index (χ1n) is 7.58. The van der Waals surface area contributed by atoms with Crippen LogP contribution >= 0.6 is 23.4 Å². The van der Waals surface area contributed by atoms with Gasteiger partial charge in [0.05, 0.1) is 7.11 Å². The number of ether oxygens (including phenoxy) is 1. The van der Waals surface area contributed by atoms with Crippen LogP contribution in [0.2, 0.25) is 5.02 Å². The van der Waals surface area contributed by atoms with E-state index in [0.29, 0.717) is 21.6 Å². The minimum atomic E-state index is -0.647. The van der Waals surface area contributed by atoms with Gasteiger partial charge in [-0.3, -0.25) is 5.32 Å². The van der Waals surface area contributed by atoms with Crippen molar-refractivity contribution in [2.75, 3.05) is 18.2 Å². The van der Waals surface area contributed by atoms with Crippen molar-refractivity contribution in [2.45, 2.75) is 9.92 Å². The van der Waals surface area contributed by atoms with E-state index in [9.17, 15) is 4.79 Å². The Balaban J connectivity index is 2.05. The Morgan fingerprint density at radius 3 is 2.46 bits per heavy atom. The van der Waals surface area contributed by atoms with Crippen molar-refractivity contribution in [3.05, 3.63) is 59.6 Å². The third-order valence-corrected chi connectivity index (χ3v) is 4.63. The van der Waals surface area contributed by atoms with Gasteiger partial charge in [-0.1, -0.05) is 53.7 Å². The maximum atomic E-state index is 11.7. The van der Waals surface area contributed by atoms with E-state index >= 15 is 0 Å². The van der Waals surface area contributed by atoms with E-state index < -0.39 is 6.09 Å². The predicted molar refractivity (Wildman–Crippen MR) is 103 cm³/mol. The number of carbonyl (C=O) groups excluding carboxylic acids is 1. The van der Waals surface area contributed by atoms with Gasteiger partial charge in [-0.25, -0.2) is 14.8 Å². The van der Waals surface area contributed by atoms with Crippen LogP contribution in [0.1, 0.15) is 0 Å². The summed E-state index contributed by atoms with van der Waals surface area (Å²) in [7, 11) is 1.27. The van der Waals surface area contributed by atoms with Gasteiger partial charge >= 0.3 is 6.09 Å². The van der Waals surface area contributed by atoms with E-state index in [4.69, 9.17) is 17.3 Å². The average Bonchev–Trinajstić information content (AvgIpc) is 2.66. The normalized spacial score (nSPS) is 10.4. The second-order valence-electron chi connectivity index (χ2n) is 5.15. The lowest BCUT2D eigenvalue weighted by molar-refractivity contribution is 0.187. The van der Waals surface area contributed by atoms with Crippen molar-refractivity contribution >= 4 is 41.0 Å². The zero-order chi connectivity index (χ0) is 18.5. The molecule has 1 heterocycles. The minimum Gasteiger partial charge on any atom is -0.453 e. The molecule has 3 rings (SSSR count). The fraction of sp³-hybridized carbons (Fsp3) is 0.0556. The predicted octanol–water partition coefficient (Wildman–Crippen LogP) is 4.71. The van der Waals surface area contributed by atoms with Crippen LogP contribution < -0.4 is 11.1 Å². The number of aromatic nitrogens is 2. The summed E-state index contributed by atoms with van der Waals surface area (Å²) in [4.78, 5) is 21.4. The van der Waals surface area contributed by atoms with Crippen molar-refractivity contribution < 1.29 is 9.53 Å². The van der Waals surface area contributed by atoms with E-state index in [2.05, 4.69) is 20.0 Å². The molecule has 6 nitrogen and oxygen atoms in total. The molecule has 0 saturated heterocycles. The Labute approximate surface area is 159 Å². The Morgan fingerprint density at radius 1 is 1.12 bits per heavy atom. The Morgan fingerprint density at radius 2 is 1.81 bits per heavy atom. The summed E-state index contributed by atoms with van der Waals surface area (Å²) in [5.41, 5.74) is 7.21. The third-order valence-electron chi connectivity index (χ3n) is 3.38.